The Morgan fingerprint density at radius 3 is 1.98 bits per heavy atom. The minimum atomic E-state index is -0.0169. The van der Waals surface area contributed by atoms with Crippen LogP contribution in [0.1, 0.15) is 70.8 Å². The summed E-state index contributed by atoms with van der Waals surface area (Å²) in [5.41, 5.74) is 11.8. The Kier molecular flexibility index (Phi) is 25.0. The van der Waals surface area contributed by atoms with Crippen molar-refractivity contribution in [2.75, 3.05) is 78.1 Å². The van der Waals surface area contributed by atoms with Crippen LogP contribution < -0.4 is 5.73 Å². The molecule has 50 heavy (non-hydrogen) atoms. The number of carbonyl (C=O) groups is 1. The molecule has 0 saturated carbocycles. The highest BCUT2D eigenvalue weighted by Gasteiger charge is 2.09. The van der Waals surface area contributed by atoms with Crippen LogP contribution >= 0.6 is 0 Å². The lowest BCUT2D eigenvalue weighted by atomic mass is 10.1. The van der Waals surface area contributed by atoms with Gasteiger partial charge in [0.25, 0.3) is 0 Å². The van der Waals surface area contributed by atoms with Crippen molar-refractivity contribution in [1.82, 2.24) is 14.8 Å². The van der Waals surface area contributed by atoms with Crippen LogP contribution in [0.15, 0.2) is 84.5 Å². The first kappa shape index (κ1) is 44.4. The van der Waals surface area contributed by atoms with Gasteiger partial charge in [-0.1, -0.05) is 75.8 Å². The Morgan fingerprint density at radius 1 is 0.800 bits per heavy atom. The van der Waals surface area contributed by atoms with E-state index < -0.39 is 0 Å². The highest BCUT2D eigenvalue weighted by Crippen LogP contribution is 2.10. The van der Waals surface area contributed by atoms with Crippen LogP contribution in [-0.4, -0.2) is 98.5 Å². The number of anilines is 1. The number of nitrogens with zero attached hydrogens (tertiary/aromatic N) is 3. The van der Waals surface area contributed by atoms with Crippen molar-refractivity contribution in [3.63, 3.8) is 0 Å². The molecule has 0 aliphatic carbocycles. The molecule has 0 aliphatic rings. The molecular weight excluding hydrogens is 628 g/mol. The molecule has 1 aromatic carbocycles. The summed E-state index contributed by atoms with van der Waals surface area (Å²) in [6.07, 6.45) is 9.03. The molecular formula is C41H64N4O5. The van der Waals surface area contributed by atoms with Crippen LogP contribution in [0.2, 0.25) is 0 Å². The number of ether oxygens (including phenoxy) is 3. The smallest absolute Gasteiger partial charge is 0.149 e. The number of benzene rings is 1. The van der Waals surface area contributed by atoms with Crippen LogP contribution in [0.4, 0.5) is 5.69 Å². The third kappa shape index (κ3) is 22.2. The molecule has 0 fully saturated rings. The van der Waals surface area contributed by atoms with Crippen molar-refractivity contribution >= 4 is 17.7 Å². The Morgan fingerprint density at radius 2 is 1.42 bits per heavy atom. The number of hydrogen-bond donors (Lipinski definition) is 2. The van der Waals surface area contributed by atoms with Crippen molar-refractivity contribution in [1.29, 1.82) is 0 Å². The predicted molar refractivity (Wildman–Crippen MR) is 208 cm³/mol. The Labute approximate surface area is 302 Å². The summed E-state index contributed by atoms with van der Waals surface area (Å²) in [6.45, 7) is 26.4. The molecule has 0 aliphatic heterocycles. The van der Waals surface area contributed by atoms with E-state index in [2.05, 4.69) is 73.8 Å². The molecule has 0 bridgehead atoms. The van der Waals surface area contributed by atoms with E-state index in [9.17, 15) is 9.90 Å². The summed E-state index contributed by atoms with van der Waals surface area (Å²) in [5, 5.41) is 9.61. The number of aromatic nitrogens is 1. The zero-order valence-electron chi connectivity index (χ0n) is 31.5. The average molecular weight is 693 g/mol. The third-order valence-electron chi connectivity index (χ3n) is 7.43. The highest BCUT2D eigenvalue weighted by atomic mass is 16.5. The molecule has 0 saturated heterocycles. The summed E-state index contributed by atoms with van der Waals surface area (Å²) < 4.78 is 17.4. The first-order valence-electron chi connectivity index (χ1n) is 18.0. The number of aldehydes is 1. The van der Waals surface area contributed by atoms with Crippen LogP contribution in [0.25, 0.3) is 5.76 Å². The Balaban J connectivity index is 0.00000106. The zero-order valence-corrected chi connectivity index (χ0v) is 31.5. The van der Waals surface area contributed by atoms with Gasteiger partial charge in [-0.05, 0) is 75.6 Å². The molecule has 0 amide bonds. The summed E-state index contributed by atoms with van der Waals surface area (Å²) in [4.78, 5) is 19.9. The fourth-order valence-electron chi connectivity index (χ4n) is 5.09. The van der Waals surface area contributed by atoms with Gasteiger partial charge in [0.05, 0.1) is 38.7 Å². The van der Waals surface area contributed by atoms with Crippen molar-refractivity contribution in [3.05, 3.63) is 101 Å². The van der Waals surface area contributed by atoms with E-state index in [0.717, 1.165) is 81.8 Å². The highest BCUT2D eigenvalue weighted by molar-refractivity contribution is 5.76. The zero-order chi connectivity index (χ0) is 37.0. The number of allylic oxidation sites excluding steroid dienone is 4. The van der Waals surface area contributed by atoms with Crippen LogP contribution in [0.3, 0.4) is 0 Å². The standard InChI is InChI=1S/C32H51N3O5.C9H13N/c1-7-12-34(25-31-10-9-11-32(33-31)30(6)37)13-18-39-20-21-40-19-15-35(14-17-38-16-8-2)24-28(4)22-27(3)23-29(5)26-36;1-2-3-8-4-6-9(10)7-5-8/h9-11,22-23,26,37H,5-8,12-21,24-25H2,1-4H3;4-7H,2-3,10H2,1H3/b27-23-,28-22+;. The maximum atomic E-state index is 10.8. The van der Waals surface area contributed by atoms with Gasteiger partial charge in [-0.2, -0.15) is 0 Å². The van der Waals surface area contributed by atoms with E-state index in [1.165, 1.54) is 17.6 Å². The molecule has 9 heteroatoms. The van der Waals surface area contributed by atoms with E-state index in [-0.39, 0.29) is 5.76 Å². The number of hydrogen-bond acceptors (Lipinski definition) is 9. The second kappa shape index (κ2) is 28.1. The van der Waals surface area contributed by atoms with Gasteiger partial charge in [0.15, 0.2) is 0 Å². The lowest BCUT2D eigenvalue weighted by Gasteiger charge is -2.23. The second-order valence-electron chi connectivity index (χ2n) is 12.4. The molecule has 0 atom stereocenters. The van der Waals surface area contributed by atoms with Gasteiger partial charge in [-0.15, -0.1) is 0 Å². The molecule has 2 rings (SSSR count). The molecule has 1 heterocycles. The Bertz CT molecular complexity index is 1290. The third-order valence-corrected chi connectivity index (χ3v) is 7.43. The number of nitrogens with two attached hydrogens (primary N) is 1. The molecule has 9 nitrogen and oxygen atoms in total. The minimum absolute atomic E-state index is 0.0169. The van der Waals surface area contributed by atoms with Gasteiger partial charge in [-0.3, -0.25) is 14.6 Å². The minimum Gasteiger partial charge on any atom is -0.506 e. The van der Waals surface area contributed by atoms with Gasteiger partial charge < -0.3 is 25.1 Å². The van der Waals surface area contributed by atoms with Crippen molar-refractivity contribution < 1.29 is 24.1 Å². The van der Waals surface area contributed by atoms with E-state index >= 15 is 0 Å². The molecule has 1 aromatic heterocycles. The van der Waals surface area contributed by atoms with Crippen LogP contribution in [0, 0.1) is 0 Å². The first-order valence-corrected chi connectivity index (χ1v) is 18.0. The van der Waals surface area contributed by atoms with Crippen molar-refractivity contribution in [2.45, 2.75) is 66.8 Å². The predicted octanol–water partition coefficient (Wildman–Crippen LogP) is 7.45. The second-order valence-corrected chi connectivity index (χ2v) is 12.4. The number of pyridine rings is 1. The van der Waals surface area contributed by atoms with Gasteiger partial charge in [0.1, 0.15) is 17.7 Å². The van der Waals surface area contributed by atoms with Crippen LogP contribution in [-0.2, 0) is 32.0 Å². The number of aliphatic hydroxyl groups excluding tert-OH is 1. The first-order chi connectivity index (χ1) is 24.1. The molecule has 278 valence electrons. The maximum Gasteiger partial charge on any atom is 0.149 e. The lowest BCUT2D eigenvalue weighted by molar-refractivity contribution is -0.104. The molecule has 3 N–H and O–H groups in total. The molecule has 0 unspecified atom stereocenters. The fraction of sp³-hybridized carbons (Fsp3) is 0.512. The average Bonchev–Trinajstić information content (AvgIpc) is 3.09. The van der Waals surface area contributed by atoms with E-state index in [1.54, 1.807) is 12.1 Å². The summed E-state index contributed by atoms with van der Waals surface area (Å²) >= 11 is 0. The van der Waals surface area contributed by atoms with Crippen molar-refractivity contribution in [2.24, 2.45) is 0 Å². The number of rotatable bonds is 26. The largest absolute Gasteiger partial charge is 0.506 e. The number of aryl methyl sites for hydroxylation is 1. The number of carbonyl (C=O) groups excluding carboxylic acids is 1. The van der Waals surface area contributed by atoms with E-state index in [0.29, 0.717) is 50.8 Å². The lowest BCUT2D eigenvalue weighted by Crippen LogP contribution is -2.33. The van der Waals surface area contributed by atoms with Gasteiger partial charge in [0.2, 0.25) is 0 Å². The van der Waals surface area contributed by atoms with Gasteiger partial charge in [-0.25, -0.2) is 4.98 Å². The quantitative estimate of drug-likeness (QED) is 0.0259. The summed E-state index contributed by atoms with van der Waals surface area (Å²) in [7, 11) is 0. The van der Waals surface area contributed by atoms with Crippen LogP contribution in [0.5, 0.6) is 0 Å². The van der Waals surface area contributed by atoms with Crippen molar-refractivity contribution in [3.8, 4) is 0 Å². The van der Waals surface area contributed by atoms with Gasteiger partial charge in [0, 0.05) is 50.6 Å². The molecule has 2 aromatic rings. The van der Waals surface area contributed by atoms with E-state index in [4.69, 9.17) is 19.9 Å². The fourth-order valence-corrected chi connectivity index (χ4v) is 5.09. The van der Waals surface area contributed by atoms with E-state index in [1.807, 2.05) is 31.2 Å². The topological polar surface area (TPSA) is 110 Å². The normalized spacial score (nSPS) is 11.8. The van der Waals surface area contributed by atoms with Gasteiger partial charge >= 0.3 is 0 Å². The summed E-state index contributed by atoms with van der Waals surface area (Å²) in [6, 6.07) is 13.7. The maximum absolute atomic E-state index is 10.8. The molecule has 0 spiro atoms. The SMILES string of the molecule is C=C(C=O)/C=C(C)\C=C(/C)CN(CCOCCC)CCOCCOCCN(CCC)Cc1cccc(C(=C)O)n1.CCCc1ccc(N)cc1. The number of aliphatic hydroxyl groups is 1. The number of nitrogen functional groups attached to an aromatic ring is 1. The summed E-state index contributed by atoms with van der Waals surface area (Å²) in [5.74, 6) is -0.0169. The monoisotopic (exact) mass is 692 g/mol. The molecule has 0 radical (unpaired) electrons. The Hall–Kier alpha value is -3.60.